The van der Waals surface area contributed by atoms with E-state index in [1.807, 2.05) is 25.7 Å². The number of carbonyl (C=O) groups excluding carboxylic acids is 3. The summed E-state index contributed by atoms with van der Waals surface area (Å²) in [6, 6.07) is 0.976. The fraction of sp³-hybridized carbons (Fsp3) is 0.567. The maximum Gasteiger partial charge on any atom is 0.238 e. The molecule has 224 valence electrons. The molecule has 0 bridgehead atoms. The molecular weight excluding hydrogens is 533 g/mol. The van der Waals surface area contributed by atoms with Crippen molar-refractivity contribution in [1.29, 1.82) is 0 Å². The smallest absolute Gasteiger partial charge is 0.238 e. The van der Waals surface area contributed by atoms with Gasteiger partial charge in [-0.1, -0.05) is 20.8 Å². The SMILES string of the molecule is CCCNC[C@]12CC(O)=C(C)C(=O)[C@@]1(O)C(O)=C1C(=O)c3c(O)c(NC(=O)CN(CC)CCC)cc(F)c3CC1C2. The standard InChI is InChI=1S/C30H40FN3O7/c1-5-8-32-15-29-12-17-10-18-19(31)11-20(33-22(36)14-34(7-3)9-6-2)25(37)24(18)26(38)23(17)28(40)30(29,41)27(39)16(4)21(35)13-29/h11,17,32,35,37,40-41H,5-10,12-15H2,1-4H3,(H,33,36)/t17?,29-,30+/m0/s1. The summed E-state index contributed by atoms with van der Waals surface area (Å²) in [6.45, 7) is 9.05. The Labute approximate surface area is 238 Å². The molecule has 0 heterocycles. The molecule has 1 amide bonds. The van der Waals surface area contributed by atoms with Crippen LogP contribution >= 0.6 is 0 Å². The van der Waals surface area contributed by atoms with E-state index in [0.29, 0.717) is 19.6 Å². The van der Waals surface area contributed by atoms with E-state index in [1.165, 1.54) is 6.92 Å². The Balaban J connectivity index is 1.78. The van der Waals surface area contributed by atoms with Crippen molar-refractivity contribution in [1.82, 2.24) is 10.2 Å². The first-order valence-electron chi connectivity index (χ1n) is 14.3. The molecule has 0 fully saturated rings. The zero-order valence-electron chi connectivity index (χ0n) is 24.1. The lowest BCUT2D eigenvalue weighted by molar-refractivity contribution is -0.157. The van der Waals surface area contributed by atoms with Crippen molar-refractivity contribution >= 4 is 23.2 Å². The first kappa shape index (κ1) is 30.7. The van der Waals surface area contributed by atoms with Crippen LogP contribution in [0.1, 0.15) is 69.3 Å². The van der Waals surface area contributed by atoms with E-state index in [0.717, 1.165) is 18.9 Å². The maximum atomic E-state index is 15.5. The largest absolute Gasteiger partial charge is 0.512 e. The van der Waals surface area contributed by atoms with Gasteiger partial charge in [-0.2, -0.15) is 0 Å². The topological polar surface area (TPSA) is 159 Å². The second kappa shape index (κ2) is 11.5. The van der Waals surface area contributed by atoms with Gasteiger partial charge in [-0.25, -0.2) is 4.39 Å². The molecule has 3 aliphatic carbocycles. The van der Waals surface area contributed by atoms with E-state index in [4.69, 9.17) is 0 Å². The third-order valence-corrected chi connectivity index (χ3v) is 8.81. The van der Waals surface area contributed by atoms with E-state index in [-0.39, 0.29) is 60.5 Å². The second-order valence-electron chi connectivity index (χ2n) is 11.5. The van der Waals surface area contributed by atoms with Gasteiger partial charge in [0.05, 0.1) is 23.6 Å². The Bertz CT molecular complexity index is 1340. The van der Waals surface area contributed by atoms with Crippen LogP contribution in [0.3, 0.4) is 0 Å². The molecule has 41 heavy (non-hydrogen) atoms. The number of hydrogen-bond donors (Lipinski definition) is 6. The van der Waals surface area contributed by atoms with Crippen LogP contribution in [-0.4, -0.2) is 81.1 Å². The predicted octanol–water partition coefficient (Wildman–Crippen LogP) is 3.29. The van der Waals surface area contributed by atoms with E-state index < -0.39 is 57.3 Å². The Kier molecular flexibility index (Phi) is 8.63. The minimum atomic E-state index is -2.51. The molecule has 0 saturated heterocycles. The van der Waals surface area contributed by atoms with Gasteiger partial charge < -0.3 is 31.1 Å². The number of aliphatic hydroxyl groups excluding tert-OH is 2. The number of fused-ring (bicyclic) bond motifs is 3. The van der Waals surface area contributed by atoms with Crippen LogP contribution < -0.4 is 10.6 Å². The normalized spacial score (nSPS) is 25.8. The number of phenols is 1. The number of nitrogens with zero attached hydrogens (tertiary/aromatic N) is 1. The highest BCUT2D eigenvalue weighted by Crippen LogP contribution is 2.58. The van der Waals surface area contributed by atoms with Crippen molar-refractivity contribution in [2.75, 3.05) is 38.0 Å². The average molecular weight is 574 g/mol. The molecule has 4 rings (SSSR count). The fourth-order valence-corrected chi connectivity index (χ4v) is 6.66. The van der Waals surface area contributed by atoms with Gasteiger partial charge in [0.2, 0.25) is 11.7 Å². The number of benzene rings is 1. The summed E-state index contributed by atoms with van der Waals surface area (Å²) in [4.78, 5) is 41.9. The van der Waals surface area contributed by atoms with Crippen LogP contribution in [0, 0.1) is 17.2 Å². The van der Waals surface area contributed by atoms with Crippen LogP contribution in [0.15, 0.2) is 28.7 Å². The van der Waals surface area contributed by atoms with Crippen LogP contribution in [-0.2, 0) is 16.0 Å². The molecular formula is C30H40FN3O7. The summed E-state index contributed by atoms with van der Waals surface area (Å²) in [5, 5.41) is 50.8. The number of phenolic OH excluding ortho intramolecular Hbond substituents is 1. The van der Waals surface area contributed by atoms with Crippen LogP contribution in [0.5, 0.6) is 5.75 Å². The Morgan fingerprint density at radius 2 is 1.88 bits per heavy atom. The summed E-state index contributed by atoms with van der Waals surface area (Å²) >= 11 is 0. The Morgan fingerprint density at radius 3 is 2.51 bits per heavy atom. The number of rotatable bonds is 10. The van der Waals surface area contributed by atoms with E-state index in [9.17, 15) is 34.8 Å². The van der Waals surface area contributed by atoms with Crippen molar-refractivity contribution in [3.63, 3.8) is 0 Å². The number of nitrogens with one attached hydrogen (secondary N) is 2. The van der Waals surface area contributed by atoms with Crippen molar-refractivity contribution in [2.45, 2.75) is 65.4 Å². The number of ketones is 2. The van der Waals surface area contributed by atoms with E-state index in [1.54, 1.807) is 0 Å². The van der Waals surface area contributed by atoms with Gasteiger partial charge in [0.1, 0.15) is 11.6 Å². The first-order valence-corrected chi connectivity index (χ1v) is 14.3. The number of amides is 1. The van der Waals surface area contributed by atoms with Gasteiger partial charge in [0, 0.05) is 41.2 Å². The number of allylic oxidation sites excluding steroid dienone is 2. The Hall–Kier alpha value is -3.28. The number of likely N-dealkylation sites (N-methyl/N-ethyl adjacent to an activating group) is 1. The third-order valence-electron chi connectivity index (χ3n) is 8.81. The zero-order chi connectivity index (χ0) is 30.3. The molecule has 6 N–H and O–H groups in total. The van der Waals surface area contributed by atoms with Crippen LogP contribution in [0.2, 0.25) is 0 Å². The van der Waals surface area contributed by atoms with Crippen molar-refractivity contribution in [3.8, 4) is 5.75 Å². The van der Waals surface area contributed by atoms with Crippen molar-refractivity contribution < 1.29 is 39.2 Å². The molecule has 0 saturated carbocycles. The molecule has 1 aromatic rings. The highest BCUT2D eigenvalue weighted by atomic mass is 19.1. The van der Waals surface area contributed by atoms with Gasteiger partial charge in [-0.05, 0) is 58.2 Å². The van der Waals surface area contributed by atoms with E-state index >= 15 is 4.39 Å². The van der Waals surface area contributed by atoms with Crippen LogP contribution in [0.4, 0.5) is 10.1 Å². The first-order chi connectivity index (χ1) is 19.4. The number of anilines is 1. The molecule has 10 nitrogen and oxygen atoms in total. The lowest BCUT2D eigenvalue weighted by Gasteiger charge is -2.54. The molecule has 0 aliphatic heterocycles. The molecule has 3 atom stereocenters. The molecule has 0 spiro atoms. The fourth-order valence-electron chi connectivity index (χ4n) is 6.66. The molecule has 3 aliphatic rings. The lowest BCUT2D eigenvalue weighted by Crippen LogP contribution is -2.65. The minimum Gasteiger partial charge on any atom is -0.512 e. The monoisotopic (exact) mass is 573 g/mol. The van der Waals surface area contributed by atoms with Gasteiger partial charge in [-0.3, -0.25) is 19.3 Å². The van der Waals surface area contributed by atoms with Gasteiger partial charge in [0.15, 0.2) is 17.1 Å². The van der Waals surface area contributed by atoms with Gasteiger partial charge >= 0.3 is 0 Å². The predicted molar refractivity (Wildman–Crippen MR) is 150 cm³/mol. The highest BCUT2D eigenvalue weighted by Gasteiger charge is 2.66. The zero-order valence-corrected chi connectivity index (χ0v) is 24.1. The highest BCUT2D eigenvalue weighted by molar-refractivity contribution is 6.16. The molecule has 0 radical (unpaired) electrons. The molecule has 0 aromatic heterocycles. The quantitative estimate of drug-likeness (QED) is 0.182. The third kappa shape index (κ3) is 4.93. The molecule has 1 aromatic carbocycles. The van der Waals surface area contributed by atoms with Crippen molar-refractivity contribution in [3.05, 3.63) is 45.7 Å². The maximum absolute atomic E-state index is 15.5. The average Bonchev–Trinajstić information content (AvgIpc) is 2.92. The van der Waals surface area contributed by atoms with E-state index in [2.05, 4.69) is 10.6 Å². The number of halogens is 1. The summed E-state index contributed by atoms with van der Waals surface area (Å²) in [6.07, 6.45) is 1.35. The molecule has 11 heteroatoms. The molecule has 1 unspecified atom stereocenters. The number of aromatic hydroxyl groups is 1. The summed E-state index contributed by atoms with van der Waals surface area (Å²) < 4.78 is 15.5. The van der Waals surface area contributed by atoms with Crippen molar-refractivity contribution in [2.24, 2.45) is 11.3 Å². The number of hydrogen-bond acceptors (Lipinski definition) is 9. The van der Waals surface area contributed by atoms with Gasteiger partial charge in [0.25, 0.3) is 0 Å². The minimum absolute atomic E-state index is 0.00314. The summed E-state index contributed by atoms with van der Waals surface area (Å²) in [7, 11) is 0. The number of aliphatic hydroxyl groups is 3. The summed E-state index contributed by atoms with van der Waals surface area (Å²) in [5.74, 6) is -5.62. The van der Waals surface area contributed by atoms with Gasteiger partial charge in [-0.15, -0.1) is 0 Å². The number of carbonyl (C=O) groups is 3. The Morgan fingerprint density at radius 1 is 1.17 bits per heavy atom. The lowest BCUT2D eigenvalue weighted by atomic mass is 9.52. The number of Topliss-reactive ketones (excluding diaryl/α,β-unsaturated/α-hetero) is 2. The van der Waals surface area contributed by atoms with Crippen LogP contribution in [0.25, 0.3) is 0 Å². The summed E-state index contributed by atoms with van der Waals surface area (Å²) in [5.41, 5.74) is -5.06. The second-order valence-corrected chi connectivity index (χ2v) is 11.5.